The first-order valence-corrected chi connectivity index (χ1v) is 12.3. The van der Waals surface area contributed by atoms with Gasteiger partial charge >= 0.3 is 5.97 Å². The van der Waals surface area contributed by atoms with Crippen molar-refractivity contribution in [3.63, 3.8) is 0 Å². The van der Waals surface area contributed by atoms with Crippen LogP contribution in [-0.2, 0) is 11.4 Å². The molecule has 7 nitrogen and oxygen atoms in total. The van der Waals surface area contributed by atoms with Crippen LogP contribution in [0.15, 0.2) is 72.3 Å². The number of benzene rings is 3. The number of hydrogen-bond donors (Lipinski definition) is 2. The summed E-state index contributed by atoms with van der Waals surface area (Å²) in [6, 6.07) is 21.2. The molecular weight excluding hydrogens is 571 g/mol. The highest BCUT2D eigenvalue weighted by atomic mass is 127. The Balaban J connectivity index is 1.82. The summed E-state index contributed by atoms with van der Waals surface area (Å²) in [6.07, 6.45) is 1.51. The van der Waals surface area contributed by atoms with Crippen LogP contribution in [0.2, 0.25) is 0 Å². The number of hydrogen-bond acceptors (Lipinski definition) is 5. The van der Waals surface area contributed by atoms with Crippen molar-refractivity contribution < 1.29 is 24.2 Å². The van der Waals surface area contributed by atoms with E-state index in [9.17, 15) is 20.0 Å². The van der Waals surface area contributed by atoms with Crippen LogP contribution in [0.1, 0.15) is 46.9 Å². The van der Waals surface area contributed by atoms with E-state index in [4.69, 9.17) is 9.47 Å². The van der Waals surface area contributed by atoms with Gasteiger partial charge in [-0.3, -0.25) is 4.79 Å². The van der Waals surface area contributed by atoms with Crippen LogP contribution >= 0.6 is 22.6 Å². The van der Waals surface area contributed by atoms with Crippen LogP contribution in [0, 0.1) is 14.9 Å². The molecule has 3 aromatic rings. The lowest BCUT2D eigenvalue weighted by Crippen LogP contribution is -2.27. The van der Waals surface area contributed by atoms with Gasteiger partial charge in [-0.1, -0.05) is 42.5 Å². The molecule has 1 atom stereocenters. The van der Waals surface area contributed by atoms with Crippen LogP contribution in [0.4, 0.5) is 0 Å². The second kappa shape index (κ2) is 12.7. The maximum atomic E-state index is 12.8. The molecule has 0 aliphatic heterocycles. The van der Waals surface area contributed by atoms with Crippen LogP contribution in [0.5, 0.6) is 11.5 Å². The molecule has 0 saturated heterocycles. The molecule has 0 spiro atoms. The average Bonchev–Trinajstić information content (AvgIpc) is 2.87. The van der Waals surface area contributed by atoms with Crippen molar-refractivity contribution in [2.24, 2.45) is 0 Å². The average molecular weight is 596 g/mol. The number of nitrogens with zero attached hydrogens (tertiary/aromatic N) is 1. The fourth-order valence-corrected chi connectivity index (χ4v) is 4.22. The summed E-state index contributed by atoms with van der Waals surface area (Å²) in [5.74, 6) is -0.523. The van der Waals surface area contributed by atoms with Gasteiger partial charge in [0.25, 0.3) is 5.91 Å². The first-order valence-electron chi connectivity index (χ1n) is 11.2. The Morgan fingerprint density at radius 1 is 1.11 bits per heavy atom. The van der Waals surface area contributed by atoms with Gasteiger partial charge in [0.15, 0.2) is 11.5 Å². The van der Waals surface area contributed by atoms with E-state index in [2.05, 4.69) is 27.9 Å². The molecule has 0 saturated carbocycles. The first kappa shape index (κ1) is 26.8. The van der Waals surface area contributed by atoms with E-state index in [0.29, 0.717) is 29.2 Å². The van der Waals surface area contributed by atoms with Gasteiger partial charge in [-0.2, -0.15) is 5.26 Å². The van der Waals surface area contributed by atoms with Crippen molar-refractivity contribution in [2.45, 2.75) is 26.5 Å². The van der Waals surface area contributed by atoms with Crippen LogP contribution in [-0.4, -0.2) is 23.6 Å². The lowest BCUT2D eigenvalue weighted by Gasteiger charge is -2.16. The number of carbonyl (C=O) groups is 2. The minimum atomic E-state index is -1.01. The molecule has 0 aromatic heterocycles. The number of carboxylic acids is 1. The SMILES string of the molecule is CCOc1cc(/C=C(/C#N)C(=O)N[C@@H](C)c2ccccc2)cc(I)c1OCc1cccc(C(=O)O)c1. The molecule has 3 aromatic carbocycles. The number of amides is 1. The lowest BCUT2D eigenvalue weighted by molar-refractivity contribution is -0.117. The number of aromatic carboxylic acids is 1. The normalized spacial score (nSPS) is 11.8. The molecule has 0 radical (unpaired) electrons. The van der Waals surface area contributed by atoms with Crippen LogP contribution in [0.3, 0.4) is 0 Å². The van der Waals surface area contributed by atoms with E-state index in [1.165, 1.54) is 12.1 Å². The predicted octanol–water partition coefficient (Wildman–Crippen LogP) is 5.75. The molecule has 3 rings (SSSR count). The summed E-state index contributed by atoms with van der Waals surface area (Å²) in [5, 5.41) is 21.7. The Kier molecular flexibility index (Phi) is 9.47. The van der Waals surface area contributed by atoms with Crippen molar-refractivity contribution in [3.05, 3.63) is 98.1 Å². The second-order valence-electron chi connectivity index (χ2n) is 7.83. The van der Waals surface area contributed by atoms with Gasteiger partial charge in [0.05, 0.1) is 21.8 Å². The maximum absolute atomic E-state index is 12.8. The maximum Gasteiger partial charge on any atom is 0.335 e. The molecule has 8 heteroatoms. The summed E-state index contributed by atoms with van der Waals surface area (Å²) < 4.78 is 12.5. The molecule has 0 aliphatic carbocycles. The molecular formula is C28H25IN2O5. The van der Waals surface area contributed by atoms with Gasteiger partial charge in [-0.05, 0) is 83.5 Å². The topological polar surface area (TPSA) is 109 Å². The van der Waals surface area contributed by atoms with Crippen molar-refractivity contribution in [1.82, 2.24) is 5.32 Å². The molecule has 1 amide bonds. The van der Waals surface area contributed by atoms with Crippen molar-refractivity contribution in [2.75, 3.05) is 6.61 Å². The summed E-state index contributed by atoms with van der Waals surface area (Å²) in [7, 11) is 0. The van der Waals surface area contributed by atoms with Crippen LogP contribution in [0.25, 0.3) is 6.08 Å². The number of rotatable bonds is 10. The summed E-state index contributed by atoms with van der Waals surface area (Å²) in [5.41, 5.74) is 2.40. The summed E-state index contributed by atoms with van der Waals surface area (Å²) >= 11 is 2.10. The molecule has 184 valence electrons. The quantitative estimate of drug-likeness (QED) is 0.175. The molecule has 0 unspecified atom stereocenters. The summed E-state index contributed by atoms with van der Waals surface area (Å²) in [4.78, 5) is 24.0. The Morgan fingerprint density at radius 3 is 2.53 bits per heavy atom. The van der Waals surface area contributed by atoms with Gasteiger partial charge in [0.1, 0.15) is 18.2 Å². The highest BCUT2D eigenvalue weighted by Crippen LogP contribution is 2.35. The number of nitriles is 1. The van der Waals surface area contributed by atoms with Gasteiger partial charge in [-0.25, -0.2) is 4.79 Å². The van der Waals surface area contributed by atoms with Gasteiger partial charge in [0.2, 0.25) is 0 Å². The second-order valence-corrected chi connectivity index (χ2v) is 9.00. The molecule has 36 heavy (non-hydrogen) atoms. The van der Waals surface area contributed by atoms with Gasteiger partial charge in [0, 0.05) is 0 Å². The minimum Gasteiger partial charge on any atom is -0.490 e. The third kappa shape index (κ3) is 7.09. The van der Waals surface area contributed by atoms with E-state index in [0.717, 1.165) is 9.13 Å². The third-order valence-electron chi connectivity index (χ3n) is 5.21. The fraction of sp³-hybridized carbons (Fsp3) is 0.179. The number of carboxylic acid groups (broad SMARTS) is 1. The Morgan fingerprint density at radius 2 is 1.86 bits per heavy atom. The van der Waals surface area contributed by atoms with E-state index < -0.39 is 11.9 Å². The highest BCUT2D eigenvalue weighted by Gasteiger charge is 2.16. The fourth-order valence-electron chi connectivity index (χ4n) is 3.44. The van der Waals surface area contributed by atoms with Gasteiger partial charge in [-0.15, -0.1) is 0 Å². The Labute approximate surface area is 223 Å². The largest absolute Gasteiger partial charge is 0.490 e. The predicted molar refractivity (Wildman–Crippen MR) is 145 cm³/mol. The molecule has 2 N–H and O–H groups in total. The minimum absolute atomic E-state index is 0.0322. The van der Waals surface area contributed by atoms with Crippen LogP contribution < -0.4 is 14.8 Å². The van der Waals surface area contributed by atoms with Crippen molar-refractivity contribution >= 4 is 40.5 Å². The lowest BCUT2D eigenvalue weighted by atomic mass is 10.1. The van der Waals surface area contributed by atoms with Crippen molar-refractivity contribution in [1.29, 1.82) is 5.26 Å². The van der Waals surface area contributed by atoms with E-state index in [1.807, 2.05) is 50.2 Å². The third-order valence-corrected chi connectivity index (χ3v) is 6.01. The highest BCUT2D eigenvalue weighted by molar-refractivity contribution is 14.1. The zero-order chi connectivity index (χ0) is 26.1. The zero-order valence-electron chi connectivity index (χ0n) is 19.8. The molecule has 0 heterocycles. The van der Waals surface area contributed by atoms with E-state index >= 15 is 0 Å². The molecule has 0 fully saturated rings. The molecule has 0 bridgehead atoms. The Hall–Kier alpha value is -3.84. The van der Waals surface area contributed by atoms with Gasteiger partial charge < -0.3 is 19.9 Å². The Bertz CT molecular complexity index is 1320. The number of nitrogens with one attached hydrogen (secondary N) is 1. The summed E-state index contributed by atoms with van der Waals surface area (Å²) in [6.45, 7) is 4.23. The number of halogens is 1. The standard InChI is InChI=1S/C28H25IN2O5/c1-3-35-25-15-20(13-23(16-30)27(32)31-18(2)21-9-5-4-6-10-21)14-24(29)26(25)36-17-19-8-7-11-22(12-19)28(33)34/h4-15,18H,3,17H2,1-2H3,(H,31,32)(H,33,34)/b23-13-/t18-/m0/s1. The van der Waals surface area contributed by atoms with E-state index in [-0.39, 0.29) is 23.8 Å². The van der Waals surface area contributed by atoms with Crippen molar-refractivity contribution in [3.8, 4) is 17.6 Å². The zero-order valence-corrected chi connectivity index (χ0v) is 22.0. The number of carbonyl (C=O) groups excluding carboxylic acids is 1. The monoisotopic (exact) mass is 596 g/mol. The number of ether oxygens (including phenoxy) is 2. The smallest absolute Gasteiger partial charge is 0.335 e. The van der Waals surface area contributed by atoms with E-state index in [1.54, 1.807) is 30.3 Å². The first-order chi connectivity index (χ1) is 17.3. The molecule has 0 aliphatic rings.